The summed E-state index contributed by atoms with van der Waals surface area (Å²) >= 11 is 23.2. The molecule has 28 heteroatoms. The summed E-state index contributed by atoms with van der Waals surface area (Å²) in [5.41, 5.74) is -2.66. The van der Waals surface area contributed by atoms with E-state index in [1.807, 2.05) is 0 Å². The van der Waals surface area contributed by atoms with Gasteiger partial charge in [0.2, 0.25) is 0 Å². The van der Waals surface area contributed by atoms with Gasteiger partial charge in [-0.2, -0.15) is 26.6 Å². The minimum absolute atomic E-state index is 0.0246. The lowest BCUT2D eigenvalue weighted by atomic mass is 10.1. The number of hydrogen-bond donors (Lipinski definition) is 6. The van der Waals surface area contributed by atoms with Crippen molar-refractivity contribution in [2.45, 2.75) is 44.5 Å². The van der Waals surface area contributed by atoms with Crippen molar-refractivity contribution in [3.05, 3.63) is 102 Å². The maximum Gasteiger partial charge on any atom is 0.416 e. The van der Waals surface area contributed by atoms with Gasteiger partial charge < -0.3 is 34.6 Å². The van der Waals surface area contributed by atoms with Crippen molar-refractivity contribution in [3.63, 3.8) is 0 Å². The lowest BCUT2D eigenvalue weighted by molar-refractivity contribution is -0.146. The molecule has 0 aliphatic rings. The fourth-order valence-electron chi connectivity index (χ4n) is 4.23. The summed E-state index contributed by atoms with van der Waals surface area (Å²) in [6.45, 7) is -1.25. The number of alkyl halides is 6. The van der Waals surface area contributed by atoms with E-state index in [9.17, 15) is 54.9 Å². The Balaban J connectivity index is 0.000000346. The maximum atomic E-state index is 14.1. The molecule has 6 N–H and O–H groups in total. The highest BCUT2D eigenvalue weighted by Gasteiger charge is 2.31. The lowest BCUT2D eigenvalue weighted by Gasteiger charge is -2.13. The average Bonchev–Trinajstić information content (AvgIpc) is 3.43. The first-order valence-corrected chi connectivity index (χ1v) is 19.5. The zero-order valence-corrected chi connectivity index (χ0v) is 34.5. The quantitative estimate of drug-likeness (QED) is 0.0322. The average molecular weight is 976 g/mol. The van der Waals surface area contributed by atoms with Crippen molar-refractivity contribution in [2.24, 2.45) is 0 Å². The molecule has 61 heavy (non-hydrogen) atoms. The van der Waals surface area contributed by atoms with Gasteiger partial charge in [0.25, 0.3) is 0 Å². The number of aliphatic carboxylic acids is 3. The van der Waals surface area contributed by atoms with E-state index in [0.29, 0.717) is 10.7 Å². The Morgan fingerprint density at radius 1 is 0.934 bits per heavy atom. The van der Waals surface area contributed by atoms with Crippen LogP contribution in [0.3, 0.4) is 0 Å². The van der Waals surface area contributed by atoms with Crippen LogP contribution in [0.15, 0.2) is 53.3 Å². The Bertz CT molecular complexity index is 2360. The number of carbonyl (C=O) groups excluding carboxylic acids is 1. The number of esters is 1. The van der Waals surface area contributed by atoms with Crippen LogP contribution >= 0.6 is 54.0 Å². The number of carboxylic acid groups (broad SMARTS) is 3. The number of nitrogens with zero attached hydrogens (tertiary/aromatic N) is 3. The normalized spacial score (nSPS) is 12.3. The summed E-state index contributed by atoms with van der Waals surface area (Å²) in [6, 6.07) is 8.22. The fourth-order valence-corrected chi connectivity index (χ4v) is 5.44. The van der Waals surface area contributed by atoms with Crippen LogP contribution in [0.5, 0.6) is 11.5 Å². The van der Waals surface area contributed by atoms with E-state index in [4.69, 9.17) is 81.0 Å². The third kappa shape index (κ3) is 16.2. The molecule has 0 aliphatic heterocycles. The zero-order valence-electron chi connectivity index (χ0n) is 30.5. The van der Waals surface area contributed by atoms with Crippen LogP contribution in [-0.4, -0.2) is 87.6 Å². The number of halogens is 10. The van der Waals surface area contributed by atoms with Gasteiger partial charge in [-0.25, -0.2) is 23.3 Å². The standard InChI is InChI=1S/C17H11Cl2F3O5.C13H10Cl2F3N3O3.C3H8NO5P/c1-8(15(23)24)26-16(25)11-7-10(3-4-12(11)18)27-14-5-2-9(6-13(14)19)17(20,21)22;1-5-19-21(13(24)20(5)12(17)18)10-3-6(2-8(15)11(22)23)7(14)4-9(10)16;5-3(6)1-4-2-10(7,8)9/h2-8H,1H3,(H,23,24);3-4,8,12H,2H2,1H3,(H,22,23);4H,1-2H2,(H,5,6)(H2,7,8,9)/t8-;;/m0../s1. The summed E-state index contributed by atoms with van der Waals surface area (Å²) in [5.74, 6) is -6.14. The van der Waals surface area contributed by atoms with E-state index in [1.165, 1.54) is 12.1 Å². The van der Waals surface area contributed by atoms with E-state index >= 15 is 0 Å². The Labute approximate surface area is 358 Å². The Morgan fingerprint density at radius 2 is 1.56 bits per heavy atom. The molecule has 1 aromatic heterocycles. The highest BCUT2D eigenvalue weighted by Crippen LogP contribution is 2.37. The van der Waals surface area contributed by atoms with Crippen molar-refractivity contribution in [1.82, 2.24) is 19.7 Å². The molecule has 1 unspecified atom stereocenters. The molecule has 4 aromatic rings. The van der Waals surface area contributed by atoms with Gasteiger partial charge in [0.15, 0.2) is 11.9 Å². The van der Waals surface area contributed by atoms with Crippen LogP contribution in [0.1, 0.15) is 40.8 Å². The van der Waals surface area contributed by atoms with Gasteiger partial charge in [0, 0.05) is 11.4 Å². The molecular weight excluding hydrogens is 947 g/mol. The van der Waals surface area contributed by atoms with Crippen molar-refractivity contribution in [2.75, 3.05) is 12.8 Å². The molecule has 4 rings (SSSR count). The monoisotopic (exact) mass is 974 g/mol. The van der Waals surface area contributed by atoms with Gasteiger partial charge >= 0.3 is 49.9 Å². The largest absolute Gasteiger partial charge is 0.480 e. The molecule has 17 nitrogen and oxygen atoms in total. The number of benzene rings is 3. The number of aryl methyl sites for hydroxylation is 1. The number of carboxylic acids is 3. The van der Waals surface area contributed by atoms with E-state index in [2.05, 4.69) is 10.4 Å². The van der Waals surface area contributed by atoms with Crippen LogP contribution in [0, 0.1) is 12.7 Å². The van der Waals surface area contributed by atoms with Crippen LogP contribution in [0.4, 0.5) is 26.3 Å². The minimum atomic E-state index is -4.56. The van der Waals surface area contributed by atoms with E-state index in [-0.39, 0.29) is 54.5 Å². The molecule has 2 atom stereocenters. The second-order valence-corrected chi connectivity index (χ2v) is 15.1. The number of ether oxygens (including phenoxy) is 2. The molecule has 0 bridgehead atoms. The first kappa shape index (κ1) is 52.3. The zero-order chi connectivity index (χ0) is 46.7. The second kappa shape index (κ2) is 22.3. The first-order valence-electron chi connectivity index (χ1n) is 16.1. The molecule has 0 amide bonds. The molecule has 0 saturated heterocycles. The highest BCUT2D eigenvalue weighted by molar-refractivity contribution is 7.51. The number of aromatic nitrogens is 3. The number of rotatable bonds is 14. The Kier molecular flexibility index (Phi) is 19.1. The van der Waals surface area contributed by atoms with Crippen LogP contribution in [0.25, 0.3) is 5.69 Å². The van der Waals surface area contributed by atoms with Crippen molar-refractivity contribution < 1.29 is 84.7 Å². The summed E-state index contributed by atoms with van der Waals surface area (Å²) in [6.07, 6.45) is -6.81. The fraction of sp³-hybridized carbons (Fsp3) is 0.273. The third-order valence-corrected chi connectivity index (χ3v) is 9.01. The maximum absolute atomic E-state index is 14.1. The molecule has 0 spiro atoms. The SMILES string of the molecule is C[C@H](OC(=O)c1cc(Oc2ccc(C(F)(F)F)cc2Cl)ccc1Cl)C(=O)O.Cc1nn(-c2cc(CC(Cl)C(=O)O)c(Cl)cc2F)c(=O)n1C(F)F.O=C(O)CNCP(=O)(O)O. The Hall–Kier alpha value is -4.87. The summed E-state index contributed by atoms with van der Waals surface area (Å²) in [5, 5.41) is 29.5. The molecule has 1 heterocycles. The van der Waals surface area contributed by atoms with Crippen LogP contribution in [0.2, 0.25) is 15.1 Å². The predicted molar refractivity (Wildman–Crippen MR) is 203 cm³/mol. The van der Waals surface area contributed by atoms with Crippen LogP contribution in [-0.2, 0) is 36.3 Å². The highest BCUT2D eigenvalue weighted by atomic mass is 35.5. The van der Waals surface area contributed by atoms with E-state index in [1.54, 1.807) is 0 Å². The van der Waals surface area contributed by atoms with Crippen LogP contribution < -0.4 is 15.7 Å². The summed E-state index contributed by atoms with van der Waals surface area (Å²) in [4.78, 5) is 71.7. The van der Waals surface area contributed by atoms with Crippen molar-refractivity contribution in [3.8, 4) is 17.2 Å². The summed E-state index contributed by atoms with van der Waals surface area (Å²) in [7, 11) is -4.10. The lowest BCUT2D eigenvalue weighted by Crippen LogP contribution is -2.25. The topological polar surface area (TPSA) is 257 Å². The van der Waals surface area contributed by atoms with Gasteiger partial charge in [0.05, 0.1) is 34.0 Å². The first-order chi connectivity index (χ1) is 28.0. The van der Waals surface area contributed by atoms with Gasteiger partial charge in [-0.3, -0.25) is 19.5 Å². The van der Waals surface area contributed by atoms with Crippen molar-refractivity contribution in [1.29, 1.82) is 0 Å². The van der Waals surface area contributed by atoms with Crippen molar-refractivity contribution >= 4 is 77.9 Å². The molecule has 0 fully saturated rings. The molecule has 0 aliphatic carbocycles. The number of nitrogens with one attached hydrogen (secondary N) is 1. The minimum Gasteiger partial charge on any atom is -0.480 e. The predicted octanol–water partition coefficient (Wildman–Crippen LogP) is 6.99. The molecule has 0 radical (unpaired) electrons. The molecule has 334 valence electrons. The second-order valence-electron chi connectivity index (χ2n) is 11.7. The van der Waals surface area contributed by atoms with Gasteiger partial charge in [0.1, 0.15) is 28.4 Å². The molecular formula is C33H29Cl4F6N4O13P. The smallest absolute Gasteiger partial charge is 0.416 e. The van der Waals surface area contributed by atoms with E-state index in [0.717, 1.165) is 44.2 Å². The van der Waals surface area contributed by atoms with Gasteiger partial charge in [-0.1, -0.05) is 34.8 Å². The Morgan fingerprint density at radius 3 is 2.05 bits per heavy atom. The van der Waals surface area contributed by atoms with Gasteiger partial charge in [-0.05, 0) is 67.9 Å². The van der Waals surface area contributed by atoms with Gasteiger partial charge in [-0.15, -0.1) is 16.7 Å². The summed E-state index contributed by atoms with van der Waals surface area (Å²) < 4.78 is 98.5. The third-order valence-electron chi connectivity index (χ3n) is 7.06. The number of carbonyl (C=O) groups is 4. The number of hydrogen-bond acceptors (Lipinski definition) is 10. The molecule has 0 saturated carbocycles. The molecule has 3 aromatic carbocycles. The van der Waals surface area contributed by atoms with E-state index < -0.39 is 91.3 Å².